The Morgan fingerprint density at radius 3 is 1.72 bits per heavy atom. The summed E-state index contributed by atoms with van der Waals surface area (Å²) < 4.78 is 0. The second kappa shape index (κ2) is 16.8. The zero-order valence-electron chi connectivity index (χ0n) is 19.7. The highest BCUT2D eigenvalue weighted by Crippen LogP contribution is 2.05. The van der Waals surface area contributed by atoms with Crippen molar-refractivity contribution in [3.63, 3.8) is 0 Å². The van der Waals surface area contributed by atoms with E-state index in [2.05, 4.69) is 16.0 Å². The van der Waals surface area contributed by atoms with Crippen LogP contribution >= 0.6 is 0 Å². The number of hydrogen-bond donors (Lipinski definition) is 9. The number of nitrogens with one attached hydrogen (secondary N) is 3. The Hall–Kier alpha value is -3.79. The van der Waals surface area contributed by atoms with E-state index in [9.17, 15) is 38.7 Å². The maximum absolute atomic E-state index is 12.8. The average molecular weight is 518 g/mol. The monoisotopic (exact) mass is 517 g/mol. The first-order chi connectivity index (χ1) is 16.8. The fourth-order valence-corrected chi connectivity index (χ4v) is 2.95. The van der Waals surface area contributed by atoms with Crippen LogP contribution in [0, 0.1) is 0 Å². The molecule has 0 saturated heterocycles. The van der Waals surface area contributed by atoms with Gasteiger partial charge in [0.1, 0.15) is 18.1 Å². The SMILES string of the molecule is NCCCC[C@H](NC(=O)[C@H](CC(N)=O)NC(=O)[C@H](CCC(=O)O)NC(=O)[C@@H](N)CCC(N)=O)C(=O)O. The number of carboxylic acids is 2. The molecule has 16 nitrogen and oxygen atoms in total. The number of carbonyl (C=O) groups excluding carboxylic acids is 5. The van der Waals surface area contributed by atoms with Gasteiger partial charge in [-0.1, -0.05) is 0 Å². The van der Waals surface area contributed by atoms with E-state index in [1.165, 1.54) is 0 Å². The predicted octanol–water partition coefficient (Wildman–Crippen LogP) is -4.01. The van der Waals surface area contributed by atoms with Crippen LogP contribution in [-0.4, -0.2) is 82.4 Å². The van der Waals surface area contributed by atoms with E-state index in [0.29, 0.717) is 19.4 Å². The number of carbonyl (C=O) groups is 7. The Balaban J connectivity index is 5.53. The minimum atomic E-state index is -1.61. The first kappa shape index (κ1) is 32.2. The molecule has 0 aromatic rings. The van der Waals surface area contributed by atoms with Gasteiger partial charge in [-0.15, -0.1) is 0 Å². The third-order valence-corrected chi connectivity index (χ3v) is 4.92. The van der Waals surface area contributed by atoms with Gasteiger partial charge in [-0.2, -0.15) is 0 Å². The van der Waals surface area contributed by atoms with Crippen molar-refractivity contribution in [2.24, 2.45) is 22.9 Å². The predicted molar refractivity (Wildman–Crippen MR) is 123 cm³/mol. The van der Waals surface area contributed by atoms with Gasteiger partial charge < -0.3 is 49.1 Å². The van der Waals surface area contributed by atoms with Gasteiger partial charge in [-0.25, -0.2) is 4.79 Å². The number of unbranched alkanes of at least 4 members (excludes halogenated alkanes) is 1. The highest BCUT2D eigenvalue weighted by atomic mass is 16.4. The number of rotatable bonds is 19. The summed E-state index contributed by atoms with van der Waals surface area (Å²) in [6.07, 6.45) is -1.08. The molecule has 16 heteroatoms. The maximum Gasteiger partial charge on any atom is 0.326 e. The highest BCUT2D eigenvalue weighted by molar-refractivity contribution is 5.96. The quantitative estimate of drug-likeness (QED) is 0.0743. The van der Waals surface area contributed by atoms with Gasteiger partial charge in [0.2, 0.25) is 29.5 Å². The zero-order valence-corrected chi connectivity index (χ0v) is 19.7. The lowest BCUT2D eigenvalue weighted by Gasteiger charge is -2.24. The molecule has 0 spiro atoms. The lowest BCUT2D eigenvalue weighted by Crippen LogP contribution is -2.57. The normalized spacial score (nSPS) is 13.9. The number of nitrogens with two attached hydrogens (primary N) is 4. The van der Waals surface area contributed by atoms with E-state index in [1.807, 2.05) is 0 Å². The smallest absolute Gasteiger partial charge is 0.326 e. The Kier molecular flexibility index (Phi) is 15.0. The van der Waals surface area contributed by atoms with Crippen molar-refractivity contribution in [1.82, 2.24) is 16.0 Å². The first-order valence-electron chi connectivity index (χ1n) is 11.2. The lowest BCUT2D eigenvalue weighted by molar-refractivity contribution is -0.142. The molecule has 204 valence electrons. The van der Waals surface area contributed by atoms with Crippen molar-refractivity contribution in [3.05, 3.63) is 0 Å². The molecule has 0 heterocycles. The van der Waals surface area contributed by atoms with Gasteiger partial charge in [0.15, 0.2) is 0 Å². The van der Waals surface area contributed by atoms with Crippen LogP contribution in [0.1, 0.15) is 51.4 Å². The summed E-state index contributed by atoms with van der Waals surface area (Å²) in [5, 5.41) is 24.9. The third kappa shape index (κ3) is 13.8. The molecule has 0 rings (SSSR count). The van der Waals surface area contributed by atoms with E-state index < -0.39 is 84.9 Å². The van der Waals surface area contributed by atoms with Crippen LogP contribution in [0.5, 0.6) is 0 Å². The molecule has 0 saturated carbocycles. The summed E-state index contributed by atoms with van der Waals surface area (Å²) in [4.78, 5) is 82.6. The van der Waals surface area contributed by atoms with Crippen molar-refractivity contribution in [3.8, 4) is 0 Å². The van der Waals surface area contributed by atoms with Crippen molar-refractivity contribution >= 4 is 41.5 Å². The Labute approximate surface area is 206 Å². The van der Waals surface area contributed by atoms with Crippen LogP contribution in [0.15, 0.2) is 0 Å². The zero-order chi connectivity index (χ0) is 27.8. The molecule has 4 atom stereocenters. The van der Waals surface area contributed by atoms with E-state index >= 15 is 0 Å². The van der Waals surface area contributed by atoms with E-state index in [4.69, 9.17) is 28.0 Å². The van der Waals surface area contributed by atoms with Crippen molar-refractivity contribution < 1.29 is 43.8 Å². The van der Waals surface area contributed by atoms with Crippen LogP contribution in [0.4, 0.5) is 0 Å². The third-order valence-electron chi connectivity index (χ3n) is 4.92. The number of hydrogen-bond acceptors (Lipinski definition) is 9. The van der Waals surface area contributed by atoms with Crippen molar-refractivity contribution in [1.29, 1.82) is 0 Å². The molecular weight excluding hydrogens is 482 g/mol. The second-order valence-corrected chi connectivity index (χ2v) is 8.02. The standard InChI is InChI=1S/C20H35N7O9/c21-8-2-1-3-12(20(35)36)26-19(34)13(9-15(24)29)27-18(33)11(5-7-16(30)31)25-17(32)10(22)4-6-14(23)28/h10-13H,1-9,21-22H2,(H2,23,28)(H2,24,29)(H,25,32)(H,26,34)(H,27,33)(H,30,31)(H,35,36)/t10-,11-,12-,13-/m0/s1. The average Bonchev–Trinajstić information content (AvgIpc) is 2.78. The van der Waals surface area contributed by atoms with E-state index in [0.717, 1.165) is 0 Å². The van der Waals surface area contributed by atoms with E-state index in [1.54, 1.807) is 0 Å². The Morgan fingerprint density at radius 2 is 1.22 bits per heavy atom. The molecule has 0 aromatic heterocycles. The van der Waals surface area contributed by atoms with Gasteiger partial charge in [0.05, 0.1) is 12.5 Å². The van der Waals surface area contributed by atoms with Crippen LogP contribution < -0.4 is 38.9 Å². The lowest BCUT2D eigenvalue weighted by atomic mass is 10.1. The van der Waals surface area contributed by atoms with Gasteiger partial charge in [0, 0.05) is 12.8 Å². The summed E-state index contributed by atoms with van der Waals surface area (Å²) >= 11 is 0. The van der Waals surface area contributed by atoms with Crippen LogP contribution in [0.25, 0.3) is 0 Å². The summed E-state index contributed by atoms with van der Waals surface area (Å²) in [6.45, 7) is 0.316. The molecule has 36 heavy (non-hydrogen) atoms. The summed E-state index contributed by atoms with van der Waals surface area (Å²) in [5.74, 6) is -7.28. The van der Waals surface area contributed by atoms with Crippen molar-refractivity contribution in [2.75, 3.05) is 6.54 Å². The van der Waals surface area contributed by atoms with Crippen LogP contribution in [0.3, 0.4) is 0 Å². The minimum absolute atomic E-state index is 0.0377. The molecule has 0 unspecified atom stereocenters. The van der Waals surface area contributed by atoms with Gasteiger partial charge in [-0.3, -0.25) is 28.8 Å². The fourth-order valence-electron chi connectivity index (χ4n) is 2.95. The fraction of sp³-hybridized carbons (Fsp3) is 0.650. The molecular formula is C20H35N7O9. The molecule has 0 bridgehead atoms. The molecule has 5 amide bonds. The topological polar surface area (TPSA) is 300 Å². The largest absolute Gasteiger partial charge is 0.481 e. The second-order valence-electron chi connectivity index (χ2n) is 8.02. The molecule has 0 aliphatic carbocycles. The Morgan fingerprint density at radius 1 is 0.667 bits per heavy atom. The number of amides is 5. The molecule has 0 fully saturated rings. The summed E-state index contributed by atoms with van der Waals surface area (Å²) in [5.41, 5.74) is 21.2. The van der Waals surface area contributed by atoms with Gasteiger partial charge >= 0.3 is 11.9 Å². The van der Waals surface area contributed by atoms with Gasteiger partial charge in [0.25, 0.3) is 0 Å². The van der Waals surface area contributed by atoms with E-state index in [-0.39, 0.29) is 19.3 Å². The van der Waals surface area contributed by atoms with Gasteiger partial charge in [-0.05, 0) is 38.6 Å². The number of carboxylic acid groups (broad SMARTS) is 2. The Bertz CT molecular complexity index is 821. The molecule has 13 N–H and O–H groups in total. The number of primary amides is 2. The summed E-state index contributed by atoms with van der Waals surface area (Å²) in [6, 6.07) is -5.68. The molecule has 0 aliphatic rings. The first-order valence-corrected chi connectivity index (χ1v) is 11.2. The van der Waals surface area contributed by atoms with Crippen LogP contribution in [-0.2, 0) is 33.6 Å². The molecule has 0 aromatic carbocycles. The van der Waals surface area contributed by atoms with Crippen molar-refractivity contribution in [2.45, 2.75) is 75.5 Å². The highest BCUT2D eigenvalue weighted by Gasteiger charge is 2.31. The maximum atomic E-state index is 12.8. The molecule has 0 aliphatic heterocycles. The van der Waals surface area contributed by atoms with Crippen LogP contribution in [0.2, 0.25) is 0 Å². The molecule has 0 radical (unpaired) electrons. The number of aliphatic carboxylic acids is 2. The summed E-state index contributed by atoms with van der Waals surface area (Å²) in [7, 11) is 0. The minimum Gasteiger partial charge on any atom is -0.481 e.